The van der Waals surface area contributed by atoms with Crippen LogP contribution in [0.25, 0.3) is 0 Å². The molecule has 3 atom stereocenters. The smallest absolute Gasteiger partial charge is 0.309 e. The lowest BCUT2D eigenvalue weighted by Crippen LogP contribution is -2.35. The van der Waals surface area contributed by atoms with Crippen LogP contribution in [-0.4, -0.2) is 48.9 Å². The van der Waals surface area contributed by atoms with E-state index in [9.17, 15) is 14.7 Å². The summed E-state index contributed by atoms with van der Waals surface area (Å²) in [6.07, 6.45) is 1.60. The maximum atomic E-state index is 13.5. The first-order valence-corrected chi connectivity index (χ1v) is 13.3. The summed E-state index contributed by atoms with van der Waals surface area (Å²) in [5.41, 5.74) is 4.69. The number of methoxy groups -OCH3 is 1. The van der Waals surface area contributed by atoms with Crippen LogP contribution in [0.3, 0.4) is 0 Å². The van der Waals surface area contributed by atoms with Crippen molar-refractivity contribution in [3.05, 3.63) is 82.9 Å². The van der Waals surface area contributed by atoms with Gasteiger partial charge in [0, 0.05) is 24.2 Å². The SMILES string of the molecule is CCc1cccc(CC)c1NC(=O)CN1C[C@H](c2ccc3c(c2)OCO3)[C@@H](C(=O)O)[C@@H]1c1ccc(OC)cc1. The molecule has 204 valence electrons. The number of amides is 1. The average molecular weight is 531 g/mol. The normalized spacial score (nSPS) is 20.1. The molecule has 3 aromatic carbocycles. The van der Waals surface area contributed by atoms with Crippen LogP contribution in [0.5, 0.6) is 17.2 Å². The van der Waals surface area contributed by atoms with Gasteiger partial charge in [0.15, 0.2) is 11.5 Å². The van der Waals surface area contributed by atoms with Crippen molar-refractivity contribution in [1.29, 1.82) is 0 Å². The standard InChI is InChI=1S/C31H34N2O6/c1-4-19-7-6-8-20(5-2)29(19)32-27(34)17-33-16-24(22-11-14-25-26(15-22)39-18-38-25)28(31(35)36)30(33)21-9-12-23(37-3)13-10-21/h6-15,24,28,30H,4-5,16-18H2,1-3H3,(H,32,34)(H,35,36)/t24-,28-,30+/m1/s1. The fraction of sp³-hybridized carbons (Fsp3) is 0.355. The van der Waals surface area contributed by atoms with Gasteiger partial charge in [0.25, 0.3) is 0 Å². The van der Waals surface area contributed by atoms with E-state index >= 15 is 0 Å². The summed E-state index contributed by atoms with van der Waals surface area (Å²) in [6, 6.07) is 18.6. The van der Waals surface area contributed by atoms with Crippen molar-refractivity contribution in [2.24, 2.45) is 5.92 Å². The molecule has 1 fully saturated rings. The molecule has 0 aromatic heterocycles. The molecule has 0 radical (unpaired) electrons. The number of anilines is 1. The number of hydrogen-bond acceptors (Lipinski definition) is 6. The van der Waals surface area contributed by atoms with E-state index in [1.54, 1.807) is 7.11 Å². The van der Waals surface area contributed by atoms with E-state index in [1.807, 2.05) is 65.6 Å². The Kier molecular flexibility index (Phi) is 7.74. The lowest BCUT2D eigenvalue weighted by Gasteiger charge is -2.27. The van der Waals surface area contributed by atoms with Crippen molar-refractivity contribution >= 4 is 17.6 Å². The fourth-order valence-electron chi connectivity index (χ4n) is 5.84. The van der Waals surface area contributed by atoms with Crippen molar-refractivity contribution in [1.82, 2.24) is 4.90 Å². The molecule has 0 bridgehead atoms. The van der Waals surface area contributed by atoms with Crippen LogP contribution in [0, 0.1) is 5.92 Å². The van der Waals surface area contributed by atoms with Crippen molar-refractivity contribution < 1.29 is 28.9 Å². The van der Waals surface area contributed by atoms with Gasteiger partial charge in [0.1, 0.15) is 5.75 Å². The average Bonchev–Trinajstić information content (AvgIpc) is 3.57. The van der Waals surface area contributed by atoms with Gasteiger partial charge in [-0.3, -0.25) is 14.5 Å². The summed E-state index contributed by atoms with van der Waals surface area (Å²) >= 11 is 0. The molecule has 39 heavy (non-hydrogen) atoms. The number of carboxylic acids is 1. The highest BCUT2D eigenvalue weighted by molar-refractivity contribution is 5.94. The molecule has 1 amide bonds. The minimum absolute atomic E-state index is 0.0583. The first-order chi connectivity index (χ1) is 18.9. The summed E-state index contributed by atoms with van der Waals surface area (Å²) in [6.45, 7) is 4.74. The van der Waals surface area contributed by atoms with E-state index in [1.165, 1.54) is 0 Å². The minimum Gasteiger partial charge on any atom is -0.497 e. The van der Waals surface area contributed by atoms with Crippen LogP contribution in [0.1, 0.15) is 48.1 Å². The summed E-state index contributed by atoms with van der Waals surface area (Å²) in [4.78, 5) is 28.3. The van der Waals surface area contributed by atoms with Gasteiger partial charge in [-0.15, -0.1) is 0 Å². The lowest BCUT2D eigenvalue weighted by atomic mass is 9.82. The van der Waals surface area contributed by atoms with E-state index in [-0.39, 0.29) is 25.2 Å². The van der Waals surface area contributed by atoms with Crippen molar-refractivity contribution in [2.45, 2.75) is 38.6 Å². The quantitative estimate of drug-likeness (QED) is 0.401. The Morgan fingerprint density at radius 2 is 1.64 bits per heavy atom. The molecule has 3 aromatic rings. The van der Waals surface area contributed by atoms with E-state index in [2.05, 4.69) is 19.2 Å². The lowest BCUT2D eigenvalue weighted by molar-refractivity contribution is -0.143. The van der Waals surface area contributed by atoms with Gasteiger partial charge in [-0.1, -0.05) is 50.2 Å². The highest BCUT2D eigenvalue weighted by Crippen LogP contribution is 2.47. The zero-order valence-corrected chi connectivity index (χ0v) is 22.5. The monoisotopic (exact) mass is 530 g/mol. The summed E-state index contributed by atoms with van der Waals surface area (Å²) in [7, 11) is 1.59. The molecule has 0 unspecified atom stereocenters. The number of aryl methyl sites for hydroxylation is 2. The van der Waals surface area contributed by atoms with Crippen molar-refractivity contribution in [3.8, 4) is 17.2 Å². The zero-order chi connectivity index (χ0) is 27.5. The topological polar surface area (TPSA) is 97.3 Å². The van der Waals surface area contributed by atoms with E-state index in [0.717, 1.165) is 40.8 Å². The van der Waals surface area contributed by atoms with Gasteiger partial charge in [-0.2, -0.15) is 0 Å². The maximum Gasteiger partial charge on any atom is 0.309 e. The third-order valence-corrected chi connectivity index (χ3v) is 7.78. The van der Waals surface area contributed by atoms with Crippen LogP contribution < -0.4 is 19.5 Å². The van der Waals surface area contributed by atoms with Crippen LogP contribution >= 0.6 is 0 Å². The molecule has 2 aliphatic rings. The number of fused-ring (bicyclic) bond motifs is 1. The molecular weight excluding hydrogens is 496 g/mol. The molecule has 2 heterocycles. The van der Waals surface area contributed by atoms with Gasteiger partial charge in [0.2, 0.25) is 12.7 Å². The highest BCUT2D eigenvalue weighted by atomic mass is 16.7. The third-order valence-electron chi connectivity index (χ3n) is 7.78. The molecule has 1 saturated heterocycles. The van der Waals surface area contributed by atoms with Gasteiger partial charge < -0.3 is 24.6 Å². The first-order valence-electron chi connectivity index (χ1n) is 13.3. The van der Waals surface area contributed by atoms with E-state index in [4.69, 9.17) is 14.2 Å². The van der Waals surface area contributed by atoms with Crippen LogP contribution in [-0.2, 0) is 22.4 Å². The Hall–Kier alpha value is -4.04. The van der Waals surface area contributed by atoms with Crippen LogP contribution in [0.15, 0.2) is 60.7 Å². The predicted octanol–water partition coefficient (Wildman–Crippen LogP) is 5.03. The number of rotatable bonds is 9. The number of carbonyl (C=O) groups excluding carboxylic acids is 1. The predicted molar refractivity (Wildman–Crippen MR) is 148 cm³/mol. The van der Waals surface area contributed by atoms with Crippen LogP contribution in [0.4, 0.5) is 5.69 Å². The number of likely N-dealkylation sites (tertiary alicyclic amines) is 1. The van der Waals surface area contributed by atoms with Crippen LogP contribution in [0.2, 0.25) is 0 Å². The summed E-state index contributed by atoms with van der Waals surface area (Å²) in [5.74, 6) is -0.272. The number of ether oxygens (including phenoxy) is 3. The van der Waals surface area contributed by atoms with E-state index < -0.39 is 17.9 Å². The van der Waals surface area contributed by atoms with Gasteiger partial charge in [-0.25, -0.2) is 0 Å². The molecule has 0 aliphatic carbocycles. The van der Waals surface area contributed by atoms with Crippen molar-refractivity contribution in [3.63, 3.8) is 0 Å². The number of para-hydroxylation sites is 1. The summed E-state index contributed by atoms with van der Waals surface area (Å²) in [5, 5.41) is 13.6. The molecule has 0 spiro atoms. The van der Waals surface area contributed by atoms with Gasteiger partial charge in [-0.05, 0) is 59.4 Å². The second kappa shape index (κ2) is 11.4. The number of hydrogen-bond donors (Lipinski definition) is 2. The third kappa shape index (κ3) is 5.29. The molecule has 5 rings (SSSR count). The number of nitrogens with one attached hydrogen (secondary N) is 1. The van der Waals surface area contributed by atoms with Gasteiger partial charge in [0.05, 0.1) is 19.6 Å². The van der Waals surface area contributed by atoms with E-state index in [0.29, 0.717) is 23.8 Å². The molecule has 2 aliphatic heterocycles. The fourth-order valence-corrected chi connectivity index (χ4v) is 5.84. The Labute approximate surface area is 228 Å². The number of nitrogens with zero attached hydrogens (tertiary/aromatic N) is 1. The largest absolute Gasteiger partial charge is 0.497 e. The zero-order valence-electron chi connectivity index (χ0n) is 22.5. The molecule has 2 N–H and O–H groups in total. The first kappa shape index (κ1) is 26.6. The number of carbonyl (C=O) groups is 2. The number of benzene rings is 3. The minimum atomic E-state index is -0.911. The Morgan fingerprint density at radius 1 is 0.974 bits per heavy atom. The van der Waals surface area contributed by atoms with Gasteiger partial charge >= 0.3 is 5.97 Å². The molecule has 0 saturated carbocycles. The van der Waals surface area contributed by atoms with Crippen molar-refractivity contribution in [2.75, 3.05) is 32.3 Å². The maximum absolute atomic E-state index is 13.5. The number of carboxylic acid groups (broad SMARTS) is 1. The Morgan fingerprint density at radius 3 is 2.28 bits per heavy atom. The molecule has 8 heteroatoms. The molecule has 8 nitrogen and oxygen atoms in total. The Balaban J connectivity index is 1.49. The second-order valence-corrected chi connectivity index (χ2v) is 9.94. The number of aliphatic carboxylic acids is 1. The highest BCUT2D eigenvalue weighted by Gasteiger charge is 2.48. The molecular formula is C31H34N2O6. The second-order valence-electron chi connectivity index (χ2n) is 9.94. The summed E-state index contributed by atoms with van der Waals surface area (Å²) < 4.78 is 16.3. The Bertz CT molecular complexity index is 1330.